The Bertz CT molecular complexity index is 3310. The molecule has 3 heterocycles. The largest absolute Gasteiger partial charge is 0.264 e. The number of hydrogen-bond acceptors (Lipinski definition) is 5. The first kappa shape index (κ1) is 35.0. The van der Waals surface area contributed by atoms with Gasteiger partial charge in [-0.15, -0.1) is 0 Å². The monoisotopic (exact) mass is 765 g/mol. The van der Waals surface area contributed by atoms with E-state index in [2.05, 4.69) is 138 Å². The number of aromatic nitrogens is 5. The highest BCUT2D eigenvalue weighted by Gasteiger charge is 2.19. The Kier molecular flexibility index (Phi) is 8.75. The number of para-hydroxylation sites is 1. The molecule has 0 saturated carbocycles. The van der Waals surface area contributed by atoms with Crippen molar-refractivity contribution in [3.05, 3.63) is 213 Å². The van der Waals surface area contributed by atoms with Crippen molar-refractivity contribution >= 4 is 32.4 Å². The summed E-state index contributed by atoms with van der Waals surface area (Å²) < 4.78 is 0. The number of pyridine rings is 2. The van der Waals surface area contributed by atoms with E-state index in [9.17, 15) is 0 Å². The van der Waals surface area contributed by atoms with E-state index in [0.29, 0.717) is 17.5 Å². The van der Waals surface area contributed by atoms with Crippen molar-refractivity contribution in [2.24, 2.45) is 0 Å². The molecular weight excluding hydrogens is 731 g/mol. The van der Waals surface area contributed by atoms with E-state index in [1.54, 1.807) is 0 Å². The average molecular weight is 766 g/mol. The first-order valence-electron chi connectivity index (χ1n) is 20.1. The van der Waals surface area contributed by atoms with Crippen molar-refractivity contribution in [1.82, 2.24) is 24.9 Å². The van der Waals surface area contributed by atoms with E-state index >= 15 is 0 Å². The van der Waals surface area contributed by atoms with Crippen LogP contribution in [0.5, 0.6) is 0 Å². The predicted molar refractivity (Wildman–Crippen MR) is 246 cm³/mol. The van der Waals surface area contributed by atoms with Crippen molar-refractivity contribution < 1.29 is 0 Å². The van der Waals surface area contributed by atoms with Crippen LogP contribution in [-0.2, 0) is 0 Å². The summed E-state index contributed by atoms with van der Waals surface area (Å²) in [5.74, 6) is 1.84. The number of hydrogen-bond donors (Lipinski definition) is 0. The molecule has 0 aliphatic carbocycles. The fraction of sp³-hybridized carbons (Fsp3) is 0. The zero-order valence-electron chi connectivity index (χ0n) is 32.4. The zero-order valence-corrected chi connectivity index (χ0v) is 32.4. The van der Waals surface area contributed by atoms with Crippen LogP contribution in [0.15, 0.2) is 213 Å². The minimum Gasteiger partial charge on any atom is -0.264 e. The molecule has 0 bridgehead atoms. The van der Waals surface area contributed by atoms with Crippen LogP contribution in [0.3, 0.4) is 0 Å². The van der Waals surface area contributed by atoms with Crippen LogP contribution in [0.25, 0.3) is 111 Å². The van der Waals surface area contributed by atoms with Gasteiger partial charge in [0.2, 0.25) is 0 Å². The topological polar surface area (TPSA) is 64.5 Å². The van der Waals surface area contributed by atoms with Crippen LogP contribution in [0, 0.1) is 0 Å². The minimum absolute atomic E-state index is 0.600. The molecule has 280 valence electrons. The fourth-order valence-corrected chi connectivity index (χ4v) is 8.37. The number of benzene rings is 8. The van der Waals surface area contributed by atoms with Crippen LogP contribution in [0.2, 0.25) is 0 Å². The first-order chi connectivity index (χ1) is 29.7. The molecule has 60 heavy (non-hydrogen) atoms. The summed E-state index contributed by atoms with van der Waals surface area (Å²) in [7, 11) is 0. The maximum absolute atomic E-state index is 5.28. The molecule has 0 unspecified atom stereocenters. The molecule has 11 rings (SSSR count). The zero-order chi connectivity index (χ0) is 39.8. The first-order valence-corrected chi connectivity index (χ1v) is 20.1. The van der Waals surface area contributed by atoms with Gasteiger partial charge in [0.05, 0.1) is 11.2 Å². The molecule has 5 nitrogen and oxygen atoms in total. The fourth-order valence-electron chi connectivity index (χ4n) is 8.37. The molecule has 0 fully saturated rings. The summed E-state index contributed by atoms with van der Waals surface area (Å²) in [6.45, 7) is 0. The lowest BCUT2D eigenvalue weighted by atomic mass is 9.88. The second-order valence-corrected chi connectivity index (χ2v) is 14.9. The van der Waals surface area contributed by atoms with Gasteiger partial charge in [0.15, 0.2) is 17.5 Å². The Balaban J connectivity index is 1.16. The molecule has 3 aromatic heterocycles. The third kappa shape index (κ3) is 6.35. The molecule has 0 amide bonds. The molecule has 11 aromatic rings. The van der Waals surface area contributed by atoms with Crippen molar-refractivity contribution in [2.75, 3.05) is 0 Å². The van der Waals surface area contributed by atoms with Gasteiger partial charge in [-0.25, -0.2) is 19.9 Å². The molecule has 0 N–H and O–H groups in total. The van der Waals surface area contributed by atoms with Gasteiger partial charge in [-0.1, -0.05) is 170 Å². The van der Waals surface area contributed by atoms with Crippen LogP contribution < -0.4 is 0 Å². The standard InChI is InChI=1S/C55H35N5/c1-4-16-36(17-5-1)42-22-10-11-23-43(42)39-32-40(34-41(33-39)55-59-53(37-18-6-2-7-19-37)58-54(60-55)38-20-8-3-9-21-38)44-28-29-49(46-25-13-12-24-45(44)46)52-50-35-56-31-30-47(50)48-26-14-15-27-51(48)57-52/h1-35H. The quantitative estimate of drug-likeness (QED) is 0.151. The van der Waals surface area contributed by atoms with Crippen molar-refractivity contribution in [2.45, 2.75) is 0 Å². The lowest BCUT2D eigenvalue weighted by Crippen LogP contribution is -2.00. The molecule has 0 aliphatic rings. The van der Waals surface area contributed by atoms with Gasteiger partial charge in [0.1, 0.15) is 0 Å². The molecule has 8 aromatic carbocycles. The summed E-state index contributed by atoms with van der Waals surface area (Å²) in [5, 5.41) is 5.50. The van der Waals surface area contributed by atoms with Crippen molar-refractivity contribution in [3.63, 3.8) is 0 Å². The van der Waals surface area contributed by atoms with Gasteiger partial charge in [0, 0.05) is 45.4 Å². The second kappa shape index (κ2) is 15.0. The summed E-state index contributed by atoms with van der Waals surface area (Å²) in [5.41, 5.74) is 12.3. The second-order valence-electron chi connectivity index (χ2n) is 14.9. The summed E-state index contributed by atoms with van der Waals surface area (Å²) >= 11 is 0. The van der Waals surface area contributed by atoms with E-state index < -0.39 is 0 Å². The molecule has 0 spiro atoms. The van der Waals surface area contributed by atoms with Gasteiger partial charge in [0.25, 0.3) is 0 Å². The minimum atomic E-state index is 0.600. The Morgan fingerprint density at radius 1 is 0.267 bits per heavy atom. The number of rotatable bonds is 7. The van der Waals surface area contributed by atoms with Gasteiger partial charge in [-0.2, -0.15) is 0 Å². The van der Waals surface area contributed by atoms with E-state index in [-0.39, 0.29) is 0 Å². The number of nitrogens with zero attached hydrogens (tertiary/aromatic N) is 5. The van der Waals surface area contributed by atoms with Crippen LogP contribution in [0.4, 0.5) is 0 Å². The Labute approximate surface area is 347 Å². The van der Waals surface area contributed by atoms with E-state index in [1.165, 1.54) is 0 Å². The smallest absolute Gasteiger partial charge is 0.164 e. The highest BCUT2D eigenvalue weighted by Crippen LogP contribution is 2.42. The highest BCUT2D eigenvalue weighted by atomic mass is 15.0. The maximum Gasteiger partial charge on any atom is 0.164 e. The maximum atomic E-state index is 5.28. The van der Waals surface area contributed by atoms with Crippen LogP contribution >= 0.6 is 0 Å². The lowest BCUT2D eigenvalue weighted by Gasteiger charge is -2.17. The molecule has 0 atom stereocenters. The van der Waals surface area contributed by atoms with Crippen molar-refractivity contribution in [1.29, 1.82) is 0 Å². The average Bonchev–Trinajstić information content (AvgIpc) is 3.34. The molecule has 0 radical (unpaired) electrons. The molecule has 5 heteroatoms. The summed E-state index contributed by atoms with van der Waals surface area (Å²) in [4.78, 5) is 25.2. The van der Waals surface area contributed by atoms with E-state index in [0.717, 1.165) is 93.8 Å². The van der Waals surface area contributed by atoms with Gasteiger partial charge in [-0.3, -0.25) is 4.98 Å². The lowest BCUT2D eigenvalue weighted by molar-refractivity contribution is 1.07. The highest BCUT2D eigenvalue weighted by molar-refractivity contribution is 6.14. The summed E-state index contributed by atoms with van der Waals surface area (Å²) in [6.07, 6.45) is 3.80. The van der Waals surface area contributed by atoms with Crippen LogP contribution in [-0.4, -0.2) is 24.9 Å². The van der Waals surface area contributed by atoms with E-state index in [4.69, 9.17) is 19.9 Å². The normalized spacial score (nSPS) is 11.3. The Morgan fingerprint density at radius 3 is 1.38 bits per heavy atom. The molecule has 0 saturated heterocycles. The van der Waals surface area contributed by atoms with Gasteiger partial charge >= 0.3 is 0 Å². The third-order valence-corrected chi connectivity index (χ3v) is 11.2. The van der Waals surface area contributed by atoms with Gasteiger partial charge in [-0.05, 0) is 79.9 Å². The summed E-state index contributed by atoms with van der Waals surface area (Å²) in [6, 6.07) is 69.7. The predicted octanol–water partition coefficient (Wildman–Crippen LogP) is 13.8. The Morgan fingerprint density at radius 2 is 0.733 bits per heavy atom. The van der Waals surface area contributed by atoms with E-state index in [1.807, 2.05) is 79.1 Å². The third-order valence-electron chi connectivity index (χ3n) is 11.2. The van der Waals surface area contributed by atoms with Gasteiger partial charge < -0.3 is 0 Å². The molecule has 0 aliphatic heterocycles. The SMILES string of the molecule is c1ccc(-c2nc(-c3ccccc3)nc(-c3cc(-c4ccccc4-c4ccccc4)cc(-c4ccc(-c5nc6ccccc6c6ccncc56)c5ccccc45)c3)n2)cc1. The number of fused-ring (bicyclic) bond motifs is 4. The van der Waals surface area contributed by atoms with Crippen molar-refractivity contribution in [3.8, 4) is 78.8 Å². The molecular formula is C55H35N5. The van der Waals surface area contributed by atoms with Crippen LogP contribution in [0.1, 0.15) is 0 Å². The Hall–Kier alpha value is -8.15.